The predicted molar refractivity (Wildman–Crippen MR) is 107 cm³/mol. The summed E-state index contributed by atoms with van der Waals surface area (Å²) in [5.41, 5.74) is 4.77. The van der Waals surface area contributed by atoms with E-state index >= 15 is 0 Å². The van der Waals surface area contributed by atoms with Gasteiger partial charge in [-0.25, -0.2) is 0 Å². The van der Waals surface area contributed by atoms with Crippen molar-refractivity contribution >= 4 is 11.8 Å². The molecule has 0 radical (unpaired) electrons. The molecule has 4 rings (SSSR count). The van der Waals surface area contributed by atoms with Crippen molar-refractivity contribution in [3.63, 3.8) is 0 Å². The van der Waals surface area contributed by atoms with Crippen LogP contribution in [0.25, 0.3) is 0 Å². The minimum Gasteiger partial charge on any atom is -0.339 e. The van der Waals surface area contributed by atoms with Crippen molar-refractivity contribution in [2.24, 2.45) is 5.92 Å². The normalized spacial score (nSPS) is 17.1. The SMILES string of the molecule is Cc1ccc(Cn2nc(C)c(C(=O)N3CCN(C(=O)C4CC4)CC3)c2C)cc1. The number of nitrogens with zero attached hydrogens (tertiary/aromatic N) is 4. The quantitative estimate of drug-likeness (QED) is 0.819. The molecule has 0 unspecified atom stereocenters. The van der Waals surface area contributed by atoms with Crippen LogP contribution in [0.1, 0.15) is 45.7 Å². The molecule has 2 fully saturated rings. The van der Waals surface area contributed by atoms with Gasteiger partial charge < -0.3 is 9.80 Å². The third-order valence-electron chi connectivity index (χ3n) is 5.85. The smallest absolute Gasteiger partial charge is 0.257 e. The molecule has 1 aromatic carbocycles. The Hall–Kier alpha value is -2.63. The summed E-state index contributed by atoms with van der Waals surface area (Å²) in [4.78, 5) is 29.1. The van der Waals surface area contributed by atoms with Crippen LogP contribution in [-0.4, -0.2) is 57.6 Å². The molecule has 6 heteroatoms. The molecule has 6 nitrogen and oxygen atoms in total. The molecule has 1 saturated heterocycles. The Kier molecular flexibility index (Phi) is 4.96. The van der Waals surface area contributed by atoms with Gasteiger partial charge in [0.25, 0.3) is 5.91 Å². The van der Waals surface area contributed by atoms with Crippen LogP contribution in [0.3, 0.4) is 0 Å². The summed E-state index contributed by atoms with van der Waals surface area (Å²) >= 11 is 0. The third-order valence-corrected chi connectivity index (χ3v) is 5.85. The van der Waals surface area contributed by atoms with Crippen molar-refractivity contribution in [1.29, 1.82) is 0 Å². The van der Waals surface area contributed by atoms with Gasteiger partial charge in [-0.2, -0.15) is 5.10 Å². The standard InChI is InChI=1S/C22H28N4O2/c1-15-4-6-18(7-5-15)14-26-17(3)20(16(2)23-26)22(28)25-12-10-24(11-13-25)21(27)19-8-9-19/h4-7,19H,8-14H2,1-3H3. The molecule has 2 heterocycles. The molecule has 0 spiro atoms. The number of rotatable bonds is 4. The van der Waals surface area contributed by atoms with E-state index in [1.807, 2.05) is 28.3 Å². The first kappa shape index (κ1) is 18.7. The Labute approximate surface area is 166 Å². The number of aryl methyl sites for hydroxylation is 2. The Balaban J connectivity index is 1.45. The maximum absolute atomic E-state index is 13.1. The highest BCUT2D eigenvalue weighted by Crippen LogP contribution is 2.31. The Morgan fingerprint density at radius 1 is 0.964 bits per heavy atom. The summed E-state index contributed by atoms with van der Waals surface area (Å²) in [6, 6.07) is 8.39. The molecule has 1 aliphatic heterocycles. The van der Waals surface area contributed by atoms with Gasteiger partial charge in [-0.3, -0.25) is 14.3 Å². The average Bonchev–Trinajstić information content (AvgIpc) is 3.50. The third kappa shape index (κ3) is 3.68. The number of aromatic nitrogens is 2. The summed E-state index contributed by atoms with van der Waals surface area (Å²) in [5.74, 6) is 0.542. The highest BCUT2D eigenvalue weighted by atomic mass is 16.2. The second-order valence-electron chi connectivity index (χ2n) is 8.08. The van der Waals surface area contributed by atoms with Gasteiger partial charge in [0.05, 0.1) is 17.8 Å². The summed E-state index contributed by atoms with van der Waals surface area (Å²) in [6.07, 6.45) is 2.05. The number of carbonyl (C=O) groups excluding carboxylic acids is 2. The molecule has 0 bridgehead atoms. The van der Waals surface area contributed by atoms with Gasteiger partial charge in [-0.05, 0) is 39.2 Å². The van der Waals surface area contributed by atoms with Gasteiger partial charge in [-0.1, -0.05) is 29.8 Å². The molecule has 148 valence electrons. The largest absolute Gasteiger partial charge is 0.339 e. The van der Waals surface area contributed by atoms with Gasteiger partial charge >= 0.3 is 0 Å². The Morgan fingerprint density at radius 2 is 1.57 bits per heavy atom. The van der Waals surface area contributed by atoms with Gasteiger partial charge in [0, 0.05) is 37.8 Å². The molecule has 2 aliphatic rings. The second kappa shape index (κ2) is 7.41. The lowest BCUT2D eigenvalue weighted by Gasteiger charge is -2.35. The molecule has 2 aromatic rings. The van der Waals surface area contributed by atoms with E-state index in [4.69, 9.17) is 0 Å². The Bertz CT molecular complexity index is 888. The van der Waals surface area contributed by atoms with E-state index in [2.05, 4.69) is 36.3 Å². The lowest BCUT2D eigenvalue weighted by Crippen LogP contribution is -2.51. The maximum Gasteiger partial charge on any atom is 0.257 e. The maximum atomic E-state index is 13.1. The van der Waals surface area contributed by atoms with E-state index in [9.17, 15) is 9.59 Å². The first-order valence-corrected chi connectivity index (χ1v) is 10.1. The van der Waals surface area contributed by atoms with Crippen molar-refractivity contribution in [3.05, 3.63) is 52.3 Å². The predicted octanol–water partition coefficient (Wildman–Crippen LogP) is 2.55. The summed E-state index contributed by atoms with van der Waals surface area (Å²) in [7, 11) is 0. The lowest BCUT2D eigenvalue weighted by molar-refractivity contribution is -0.134. The van der Waals surface area contributed by atoms with E-state index in [0.29, 0.717) is 38.3 Å². The van der Waals surface area contributed by atoms with Crippen LogP contribution >= 0.6 is 0 Å². The van der Waals surface area contributed by atoms with Crippen molar-refractivity contribution in [1.82, 2.24) is 19.6 Å². The molecule has 0 N–H and O–H groups in total. The molecular weight excluding hydrogens is 352 g/mol. The van der Waals surface area contributed by atoms with E-state index in [1.54, 1.807) is 0 Å². The first-order chi connectivity index (χ1) is 13.4. The van der Waals surface area contributed by atoms with Crippen LogP contribution in [0.5, 0.6) is 0 Å². The lowest BCUT2D eigenvalue weighted by atomic mass is 10.1. The van der Waals surface area contributed by atoms with E-state index in [1.165, 1.54) is 11.1 Å². The minimum atomic E-state index is 0.0312. The molecule has 2 amide bonds. The van der Waals surface area contributed by atoms with Crippen LogP contribution in [0.2, 0.25) is 0 Å². The number of hydrogen-bond acceptors (Lipinski definition) is 3. The molecule has 1 aromatic heterocycles. The topological polar surface area (TPSA) is 58.4 Å². The van der Waals surface area contributed by atoms with Crippen LogP contribution in [0.4, 0.5) is 0 Å². The molecule has 28 heavy (non-hydrogen) atoms. The van der Waals surface area contributed by atoms with Crippen LogP contribution < -0.4 is 0 Å². The number of amides is 2. The highest BCUT2D eigenvalue weighted by Gasteiger charge is 2.35. The fourth-order valence-corrected chi connectivity index (χ4v) is 3.90. The number of hydrogen-bond donors (Lipinski definition) is 0. The van der Waals surface area contributed by atoms with Gasteiger partial charge in [0.2, 0.25) is 5.91 Å². The number of piperazine rings is 1. The Morgan fingerprint density at radius 3 is 2.18 bits per heavy atom. The fraction of sp³-hybridized carbons (Fsp3) is 0.500. The first-order valence-electron chi connectivity index (χ1n) is 10.1. The van der Waals surface area contributed by atoms with Crippen molar-refractivity contribution in [3.8, 4) is 0 Å². The van der Waals surface area contributed by atoms with E-state index in [0.717, 1.165) is 24.2 Å². The monoisotopic (exact) mass is 380 g/mol. The van der Waals surface area contributed by atoms with Crippen LogP contribution in [-0.2, 0) is 11.3 Å². The van der Waals surface area contributed by atoms with Crippen molar-refractivity contribution in [2.45, 2.75) is 40.2 Å². The van der Waals surface area contributed by atoms with Gasteiger partial charge in [0.1, 0.15) is 0 Å². The van der Waals surface area contributed by atoms with Crippen molar-refractivity contribution in [2.75, 3.05) is 26.2 Å². The number of carbonyl (C=O) groups is 2. The molecule has 1 saturated carbocycles. The summed E-state index contributed by atoms with van der Waals surface area (Å²) in [5, 5.41) is 4.62. The van der Waals surface area contributed by atoms with Crippen molar-refractivity contribution < 1.29 is 9.59 Å². The fourth-order valence-electron chi connectivity index (χ4n) is 3.90. The zero-order valence-corrected chi connectivity index (χ0v) is 16.9. The molecular formula is C22H28N4O2. The van der Waals surface area contributed by atoms with Crippen LogP contribution in [0, 0.1) is 26.7 Å². The highest BCUT2D eigenvalue weighted by molar-refractivity contribution is 5.96. The minimum absolute atomic E-state index is 0.0312. The number of benzene rings is 1. The zero-order valence-electron chi connectivity index (χ0n) is 16.9. The van der Waals surface area contributed by atoms with Gasteiger partial charge in [-0.15, -0.1) is 0 Å². The second-order valence-corrected chi connectivity index (χ2v) is 8.08. The van der Waals surface area contributed by atoms with Crippen LogP contribution in [0.15, 0.2) is 24.3 Å². The van der Waals surface area contributed by atoms with Gasteiger partial charge in [0.15, 0.2) is 0 Å². The molecule has 1 aliphatic carbocycles. The zero-order chi connectivity index (χ0) is 19.8. The summed E-state index contributed by atoms with van der Waals surface area (Å²) < 4.78 is 1.92. The molecule has 0 atom stereocenters. The van der Waals surface area contributed by atoms with E-state index in [-0.39, 0.29) is 17.7 Å². The van der Waals surface area contributed by atoms with E-state index < -0.39 is 0 Å². The average molecular weight is 380 g/mol. The summed E-state index contributed by atoms with van der Waals surface area (Å²) in [6.45, 7) is 9.06.